The lowest BCUT2D eigenvalue weighted by molar-refractivity contribution is 0.0995. The van der Waals surface area contributed by atoms with E-state index in [0.29, 0.717) is 18.0 Å². The van der Waals surface area contributed by atoms with Gasteiger partial charge in [0.05, 0.1) is 0 Å². The van der Waals surface area contributed by atoms with Gasteiger partial charge in [0.1, 0.15) is 5.82 Å². The second-order valence-corrected chi connectivity index (χ2v) is 4.91. The van der Waals surface area contributed by atoms with Crippen molar-refractivity contribution in [3.8, 4) is 0 Å². The van der Waals surface area contributed by atoms with Crippen molar-refractivity contribution in [2.75, 3.05) is 0 Å². The molecular formula is C14H14FN3O. The molecule has 0 unspecified atom stereocenters. The average Bonchev–Trinajstić information content (AvgIpc) is 3.13. The molecule has 98 valence electrons. The molecule has 1 aliphatic carbocycles. The average molecular weight is 259 g/mol. The zero-order valence-electron chi connectivity index (χ0n) is 10.3. The number of aromatic amines is 1. The molecule has 1 fully saturated rings. The molecule has 1 aromatic carbocycles. The summed E-state index contributed by atoms with van der Waals surface area (Å²) in [5, 5.41) is 6.94. The van der Waals surface area contributed by atoms with E-state index in [1.807, 2.05) is 0 Å². The van der Waals surface area contributed by atoms with Gasteiger partial charge in [-0.1, -0.05) is 12.1 Å². The lowest BCUT2D eigenvalue weighted by atomic mass is 10.0. The summed E-state index contributed by atoms with van der Waals surface area (Å²) in [6.07, 6.45) is 2.76. The predicted octanol–water partition coefficient (Wildman–Crippen LogP) is 2.12. The molecule has 1 aromatic heterocycles. The van der Waals surface area contributed by atoms with E-state index >= 15 is 0 Å². The summed E-state index contributed by atoms with van der Waals surface area (Å²) in [6, 6.07) is 6.25. The van der Waals surface area contributed by atoms with Gasteiger partial charge in [-0.2, -0.15) is 5.10 Å². The van der Waals surface area contributed by atoms with Crippen LogP contribution in [0.4, 0.5) is 4.39 Å². The van der Waals surface area contributed by atoms with Crippen LogP contribution in [0.5, 0.6) is 0 Å². The smallest absolute Gasteiger partial charge is 0.269 e. The topological polar surface area (TPSA) is 71.8 Å². The summed E-state index contributed by atoms with van der Waals surface area (Å²) in [5.41, 5.74) is 8.43. The van der Waals surface area contributed by atoms with Crippen molar-refractivity contribution in [3.05, 3.63) is 52.6 Å². The van der Waals surface area contributed by atoms with E-state index < -0.39 is 5.91 Å². The third-order valence-corrected chi connectivity index (χ3v) is 3.41. The maximum Gasteiger partial charge on any atom is 0.269 e. The van der Waals surface area contributed by atoms with E-state index in [4.69, 9.17) is 5.73 Å². The molecule has 2 aromatic rings. The molecule has 19 heavy (non-hydrogen) atoms. The van der Waals surface area contributed by atoms with Crippen molar-refractivity contribution in [3.63, 3.8) is 0 Å². The number of amides is 1. The number of benzene rings is 1. The molecule has 1 amide bonds. The van der Waals surface area contributed by atoms with Gasteiger partial charge in [-0.25, -0.2) is 4.39 Å². The van der Waals surface area contributed by atoms with Crippen molar-refractivity contribution in [2.45, 2.75) is 25.2 Å². The minimum absolute atomic E-state index is 0.270. The SMILES string of the molecule is NC(=O)c1n[nH]c(C2CC2)c1Cc1ccc(F)cc1. The van der Waals surface area contributed by atoms with E-state index in [9.17, 15) is 9.18 Å². The number of nitrogens with two attached hydrogens (primary N) is 1. The largest absolute Gasteiger partial charge is 0.364 e. The maximum atomic E-state index is 12.9. The van der Waals surface area contributed by atoms with Gasteiger partial charge in [0.25, 0.3) is 5.91 Å². The number of rotatable bonds is 4. The lowest BCUT2D eigenvalue weighted by Gasteiger charge is -2.04. The summed E-state index contributed by atoms with van der Waals surface area (Å²) in [6.45, 7) is 0. The standard InChI is InChI=1S/C14H14FN3O/c15-10-5-1-8(2-6-10)7-11-12(9-3-4-9)17-18-13(11)14(16)19/h1-2,5-6,9H,3-4,7H2,(H2,16,19)(H,17,18). The van der Waals surface area contributed by atoms with Gasteiger partial charge in [-0.05, 0) is 30.5 Å². The molecular weight excluding hydrogens is 245 g/mol. The Labute approximate surface area is 109 Å². The molecule has 5 heteroatoms. The molecule has 0 radical (unpaired) electrons. The van der Waals surface area contributed by atoms with Crippen LogP contribution in [0.1, 0.15) is 46.1 Å². The van der Waals surface area contributed by atoms with Crippen molar-refractivity contribution in [1.29, 1.82) is 0 Å². The van der Waals surface area contributed by atoms with Gasteiger partial charge in [0.2, 0.25) is 0 Å². The van der Waals surface area contributed by atoms with Crippen LogP contribution in [0, 0.1) is 5.82 Å². The summed E-state index contributed by atoms with van der Waals surface area (Å²) in [5.74, 6) is -0.343. The van der Waals surface area contributed by atoms with Gasteiger partial charge in [0.15, 0.2) is 5.69 Å². The second kappa shape index (κ2) is 4.50. The fourth-order valence-electron chi connectivity index (χ4n) is 2.28. The first-order valence-electron chi connectivity index (χ1n) is 6.26. The third kappa shape index (κ3) is 2.36. The zero-order chi connectivity index (χ0) is 13.4. The van der Waals surface area contributed by atoms with Crippen molar-refractivity contribution >= 4 is 5.91 Å². The van der Waals surface area contributed by atoms with Gasteiger partial charge in [0, 0.05) is 23.6 Å². The van der Waals surface area contributed by atoms with E-state index in [1.54, 1.807) is 12.1 Å². The molecule has 0 spiro atoms. The van der Waals surface area contributed by atoms with Crippen molar-refractivity contribution in [2.24, 2.45) is 5.73 Å². The Kier molecular flexibility index (Phi) is 2.81. The highest BCUT2D eigenvalue weighted by Crippen LogP contribution is 2.41. The van der Waals surface area contributed by atoms with Crippen LogP contribution in [-0.2, 0) is 6.42 Å². The van der Waals surface area contributed by atoms with E-state index in [-0.39, 0.29) is 5.82 Å². The molecule has 1 saturated carbocycles. The number of aromatic nitrogens is 2. The quantitative estimate of drug-likeness (QED) is 0.882. The number of nitrogens with one attached hydrogen (secondary N) is 1. The Bertz CT molecular complexity index is 614. The van der Waals surface area contributed by atoms with Gasteiger partial charge < -0.3 is 5.73 Å². The highest BCUT2D eigenvalue weighted by atomic mass is 19.1. The number of halogens is 1. The van der Waals surface area contributed by atoms with E-state index in [0.717, 1.165) is 29.7 Å². The second-order valence-electron chi connectivity index (χ2n) is 4.91. The van der Waals surface area contributed by atoms with E-state index in [1.165, 1.54) is 12.1 Å². The van der Waals surface area contributed by atoms with Crippen molar-refractivity contribution in [1.82, 2.24) is 10.2 Å². The number of primary amides is 1. The molecule has 0 atom stereocenters. The molecule has 0 aliphatic heterocycles. The van der Waals surface area contributed by atoms with E-state index in [2.05, 4.69) is 10.2 Å². The van der Waals surface area contributed by atoms with Gasteiger partial charge >= 0.3 is 0 Å². The van der Waals surface area contributed by atoms with Crippen LogP contribution in [-0.4, -0.2) is 16.1 Å². The molecule has 1 aliphatic rings. The zero-order valence-corrected chi connectivity index (χ0v) is 10.3. The lowest BCUT2D eigenvalue weighted by Crippen LogP contribution is -2.14. The predicted molar refractivity (Wildman–Crippen MR) is 68.3 cm³/mol. The summed E-state index contributed by atoms with van der Waals surface area (Å²) in [4.78, 5) is 11.4. The molecule has 3 N–H and O–H groups in total. The number of H-pyrrole nitrogens is 1. The molecule has 0 saturated heterocycles. The molecule has 1 heterocycles. The number of carbonyl (C=O) groups is 1. The Hall–Kier alpha value is -2.17. The fourth-order valence-corrected chi connectivity index (χ4v) is 2.28. The first-order valence-corrected chi connectivity index (χ1v) is 6.26. The van der Waals surface area contributed by atoms with Gasteiger partial charge in [-0.15, -0.1) is 0 Å². The minimum Gasteiger partial charge on any atom is -0.364 e. The number of nitrogens with zero attached hydrogens (tertiary/aromatic N) is 1. The summed E-state index contributed by atoms with van der Waals surface area (Å²) < 4.78 is 12.9. The fraction of sp³-hybridized carbons (Fsp3) is 0.286. The van der Waals surface area contributed by atoms with Crippen LogP contribution >= 0.6 is 0 Å². The maximum absolute atomic E-state index is 12.9. The molecule has 3 rings (SSSR count). The van der Waals surface area contributed by atoms with Crippen LogP contribution in [0.2, 0.25) is 0 Å². The van der Waals surface area contributed by atoms with Crippen molar-refractivity contribution < 1.29 is 9.18 Å². The Morgan fingerprint density at radius 2 is 2.05 bits per heavy atom. The highest BCUT2D eigenvalue weighted by molar-refractivity contribution is 5.92. The number of hydrogen-bond donors (Lipinski definition) is 2. The molecule has 4 nitrogen and oxygen atoms in total. The highest BCUT2D eigenvalue weighted by Gasteiger charge is 2.30. The first kappa shape index (κ1) is 11.9. The minimum atomic E-state index is -0.528. The van der Waals surface area contributed by atoms with Gasteiger partial charge in [-0.3, -0.25) is 9.89 Å². The Morgan fingerprint density at radius 3 is 2.63 bits per heavy atom. The first-order chi connectivity index (χ1) is 9.15. The van der Waals surface area contributed by atoms with Crippen LogP contribution in [0.3, 0.4) is 0 Å². The Morgan fingerprint density at radius 1 is 1.37 bits per heavy atom. The number of carbonyl (C=O) groups excluding carboxylic acids is 1. The third-order valence-electron chi connectivity index (χ3n) is 3.41. The van der Waals surface area contributed by atoms with Crippen LogP contribution in [0.25, 0.3) is 0 Å². The van der Waals surface area contributed by atoms with Crippen LogP contribution < -0.4 is 5.73 Å². The Balaban J connectivity index is 1.95. The molecule has 0 bridgehead atoms. The summed E-state index contributed by atoms with van der Waals surface area (Å²) >= 11 is 0. The summed E-state index contributed by atoms with van der Waals surface area (Å²) in [7, 11) is 0. The monoisotopic (exact) mass is 259 g/mol. The number of hydrogen-bond acceptors (Lipinski definition) is 2. The van der Waals surface area contributed by atoms with Crippen LogP contribution in [0.15, 0.2) is 24.3 Å². The normalized spacial score (nSPS) is 14.6.